The highest BCUT2D eigenvalue weighted by Gasteiger charge is 2.10. The molecule has 0 unspecified atom stereocenters. The highest BCUT2D eigenvalue weighted by molar-refractivity contribution is 9.10. The predicted octanol–water partition coefficient (Wildman–Crippen LogP) is 3.21. The maximum absolute atomic E-state index is 13.1. The SMILES string of the molecule is COc1c(C)cc(F)c(C)c1Br. The Labute approximate surface area is 79.7 Å². The van der Waals surface area contributed by atoms with Gasteiger partial charge in [-0.05, 0) is 41.4 Å². The van der Waals surface area contributed by atoms with Crippen molar-refractivity contribution in [2.24, 2.45) is 0 Å². The molecule has 1 aromatic rings. The molecule has 0 aliphatic carbocycles. The minimum Gasteiger partial charge on any atom is -0.495 e. The van der Waals surface area contributed by atoms with E-state index < -0.39 is 0 Å². The molecule has 66 valence electrons. The van der Waals surface area contributed by atoms with Crippen molar-refractivity contribution >= 4 is 15.9 Å². The first-order valence-electron chi connectivity index (χ1n) is 3.57. The zero-order valence-electron chi connectivity index (χ0n) is 7.24. The van der Waals surface area contributed by atoms with Crippen LogP contribution < -0.4 is 4.74 Å². The van der Waals surface area contributed by atoms with Gasteiger partial charge in [0.1, 0.15) is 11.6 Å². The molecule has 0 atom stereocenters. The van der Waals surface area contributed by atoms with Crippen LogP contribution in [0.4, 0.5) is 4.39 Å². The molecule has 0 radical (unpaired) electrons. The Hall–Kier alpha value is -0.570. The molecule has 0 aliphatic rings. The lowest BCUT2D eigenvalue weighted by molar-refractivity contribution is 0.407. The summed E-state index contributed by atoms with van der Waals surface area (Å²) in [6.07, 6.45) is 0. The fourth-order valence-electron chi connectivity index (χ4n) is 1.06. The van der Waals surface area contributed by atoms with E-state index in [9.17, 15) is 4.39 Å². The summed E-state index contributed by atoms with van der Waals surface area (Å²) in [6, 6.07) is 1.47. The summed E-state index contributed by atoms with van der Waals surface area (Å²) < 4.78 is 18.9. The summed E-state index contributed by atoms with van der Waals surface area (Å²) in [5, 5.41) is 0. The maximum Gasteiger partial charge on any atom is 0.136 e. The van der Waals surface area contributed by atoms with Gasteiger partial charge < -0.3 is 4.74 Å². The Kier molecular flexibility index (Phi) is 2.73. The van der Waals surface area contributed by atoms with Crippen molar-refractivity contribution in [2.75, 3.05) is 7.11 Å². The zero-order valence-corrected chi connectivity index (χ0v) is 8.83. The smallest absolute Gasteiger partial charge is 0.136 e. The number of hydrogen-bond acceptors (Lipinski definition) is 1. The van der Waals surface area contributed by atoms with E-state index in [0.29, 0.717) is 15.8 Å². The summed E-state index contributed by atoms with van der Waals surface area (Å²) in [7, 11) is 1.57. The van der Waals surface area contributed by atoms with Crippen molar-refractivity contribution in [3.8, 4) is 5.75 Å². The molecule has 1 rings (SSSR count). The maximum atomic E-state index is 13.1. The molecule has 3 heteroatoms. The van der Waals surface area contributed by atoms with E-state index in [1.54, 1.807) is 14.0 Å². The minimum absolute atomic E-state index is 0.208. The van der Waals surface area contributed by atoms with Crippen molar-refractivity contribution in [1.82, 2.24) is 0 Å². The van der Waals surface area contributed by atoms with E-state index in [4.69, 9.17) is 4.74 Å². The number of benzene rings is 1. The van der Waals surface area contributed by atoms with Crippen LogP contribution in [0.3, 0.4) is 0 Å². The van der Waals surface area contributed by atoms with Crippen LogP contribution in [0.15, 0.2) is 10.5 Å². The van der Waals surface area contributed by atoms with Gasteiger partial charge in [0.2, 0.25) is 0 Å². The van der Waals surface area contributed by atoms with Crippen LogP contribution in [-0.2, 0) is 0 Å². The molecular weight excluding hydrogens is 223 g/mol. The Morgan fingerprint density at radius 3 is 2.50 bits per heavy atom. The predicted molar refractivity (Wildman–Crippen MR) is 50.1 cm³/mol. The fraction of sp³-hybridized carbons (Fsp3) is 0.333. The van der Waals surface area contributed by atoms with E-state index in [1.165, 1.54) is 6.07 Å². The Bertz CT molecular complexity index is 310. The van der Waals surface area contributed by atoms with Gasteiger partial charge in [0, 0.05) is 5.56 Å². The monoisotopic (exact) mass is 232 g/mol. The molecule has 0 N–H and O–H groups in total. The van der Waals surface area contributed by atoms with Crippen LogP contribution in [0.25, 0.3) is 0 Å². The molecule has 12 heavy (non-hydrogen) atoms. The van der Waals surface area contributed by atoms with Gasteiger partial charge in [-0.3, -0.25) is 0 Å². The highest BCUT2D eigenvalue weighted by atomic mass is 79.9. The summed E-state index contributed by atoms with van der Waals surface area (Å²) in [5.74, 6) is 0.495. The number of aryl methyl sites for hydroxylation is 1. The molecule has 0 saturated carbocycles. The van der Waals surface area contributed by atoms with Crippen LogP contribution in [0.5, 0.6) is 5.75 Å². The van der Waals surface area contributed by atoms with Crippen LogP contribution in [0, 0.1) is 19.7 Å². The number of ether oxygens (including phenoxy) is 1. The molecule has 0 spiro atoms. The molecule has 0 amide bonds. The number of hydrogen-bond donors (Lipinski definition) is 0. The largest absolute Gasteiger partial charge is 0.495 e. The molecule has 0 aromatic heterocycles. The standard InChI is InChI=1S/C9H10BrFO/c1-5-4-7(11)6(2)8(10)9(5)12-3/h4H,1-3H3. The first kappa shape index (κ1) is 9.52. The number of halogens is 2. The van der Waals surface area contributed by atoms with Gasteiger partial charge in [0.15, 0.2) is 0 Å². The lowest BCUT2D eigenvalue weighted by atomic mass is 10.1. The third-order valence-electron chi connectivity index (χ3n) is 1.79. The van der Waals surface area contributed by atoms with Gasteiger partial charge in [-0.15, -0.1) is 0 Å². The first-order valence-corrected chi connectivity index (χ1v) is 4.36. The average molecular weight is 233 g/mol. The van der Waals surface area contributed by atoms with Gasteiger partial charge in [0.05, 0.1) is 11.6 Å². The molecular formula is C9H10BrFO. The molecule has 1 aromatic carbocycles. The highest BCUT2D eigenvalue weighted by Crippen LogP contribution is 2.33. The third kappa shape index (κ3) is 1.46. The van der Waals surface area contributed by atoms with Crippen molar-refractivity contribution in [3.05, 3.63) is 27.5 Å². The van der Waals surface area contributed by atoms with Crippen LogP contribution in [-0.4, -0.2) is 7.11 Å². The average Bonchev–Trinajstić information content (AvgIpc) is 2.01. The second-order valence-corrected chi connectivity index (χ2v) is 3.44. The second-order valence-electron chi connectivity index (χ2n) is 2.65. The number of rotatable bonds is 1. The molecule has 0 saturated heterocycles. The van der Waals surface area contributed by atoms with Gasteiger partial charge in [0.25, 0.3) is 0 Å². The van der Waals surface area contributed by atoms with E-state index in [0.717, 1.165) is 5.56 Å². The topological polar surface area (TPSA) is 9.23 Å². The minimum atomic E-state index is -0.208. The molecule has 0 fully saturated rings. The normalized spacial score (nSPS) is 10.1. The fourth-order valence-corrected chi connectivity index (χ4v) is 1.73. The Morgan fingerprint density at radius 1 is 1.42 bits per heavy atom. The lowest BCUT2D eigenvalue weighted by Crippen LogP contribution is -1.93. The Morgan fingerprint density at radius 2 is 2.00 bits per heavy atom. The van der Waals surface area contributed by atoms with Crippen molar-refractivity contribution in [3.63, 3.8) is 0 Å². The number of methoxy groups -OCH3 is 1. The van der Waals surface area contributed by atoms with Crippen molar-refractivity contribution in [2.45, 2.75) is 13.8 Å². The van der Waals surface area contributed by atoms with Gasteiger partial charge >= 0.3 is 0 Å². The quantitative estimate of drug-likeness (QED) is 0.723. The van der Waals surface area contributed by atoms with Crippen LogP contribution in [0.1, 0.15) is 11.1 Å². The van der Waals surface area contributed by atoms with E-state index in [1.807, 2.05) is 6.92 Å². The van der Waals surface area contributed by atoms with Gasteiger partial charge in [-0.25, -0.2) is 4.39 Å². The van der Waals surface area contributed by atoms with Crippen molar-refractivity contribution in [1.29, 1.82) is 0 Å². The van der Waals surface area contributed by atoms with E-state index in [-0.39, 0.29) is 5.82 Å². The van der Waals surface area contributed by atoms with Crippen molar-refractivity contribution < 1.29 is 9.13 Å². The van der Waals surface area contributed by atoms with Crippen LogP contribution in [0.2, 0.25) is 0 Å². The summed E-state index contributed by atoms with van der Waals surface area (Å²) in [4.78, 5) is 0. The summed E-state index contributed by atoms with van der Waals surface area (Å²) in [5.41, 5.74) is 1.38. The molecule has 0 aliphatic heterocycles. The third-order valence-corrected chi connectivity index (χ3v) is 2.75. The Balaban J connectivity index is 3.40. The second kappa shape index (κ2) is 3.44. The lowest BCUT2D eigenvalue weighted by Gasteiger charge is -2.09. The van der Waals surface area contributed by atoms with E-state index >= 15 is 0 Å². The zero-order chi connectivity index (χ0) is 9.30. The van der Waals surface area contributed by atoms with Gasteiger partial charge in [-0.1, -0.05) is 0 Å². The summed E-state index contributed by atoms with van der Waals surface area (Å²) in [6.45, 7) is 3.52. The summed E-state index contributed by atoms with van der Waals surface area (Å²) >= 11 is 3.28. The van der Waals surface area contributed by atoms with Gasteiger partial charge in [-0.2, -0.15) is 0 Å². The molecule has 1 nitrogen and oxygen atoms in total. The van der Waals surface area contributed by atoms with E-state index in [2.05, 4.69) is 15.9 Å². The molecule has 0 bridgehead atoms. The first-order chi connectivity index (χ1) is 5.57. The van der Waals surface area contributed by atoms with Crippen LogP contribution >= 0.6 is 15.9 Å². The molecule has 0 heterocycles.